The topological polar surface area (TPSA) is 25.8 Å². The van der Waals surface area contributed by atoms with E-state index in [1.165, 1.54) is 0 Å². The minimum absolute atomic E-state index is 0.161. The average molecular weight is 288 g/mol. The second-order valence-corrected chi connectivity index (χ2v) is 5.24. The van der Waals surface area contributed by atoms with E-state index in [1.54, 1.807) is 12.4 Å². The van der Waals surface area contributed by atoms with Crippen LogP contribution in [0.4, 0.5) is 17.6 Å². The fourth-order valence-corrected chi connectivity index (χ4v) is 2.46. The Bertz CT molecular complexity index is 471. The molecule has 0 bridgehead atoms. The van der Waals surface area contributed by atoms with Crippen LogP contribution in [0.25, 0.3) is 0 Å². The Labute approximate surface area is 114 Å². The summed E-state index contributed by atoms with van der Waals surface area (Å²) in [5, 5.41) is 0. The van der Waals surface area contributed by atoms with Crippen LogP contribution in [-0.4, -0.2) is 16.1 Å². The molecule has 1 aromatic rings. The smallest absolute Gasteiger partial charge is 0.241 e. The maximum Gasteiger partial charge on any atom is 0.442 e. The van der Waals surface area contributed by atoms with Gasteiger partial charge in [0.2, 0.25) is 0 Å². The molecule has 0 aromatic carbocycles. The molecule has 110 valence electrons. The third-order valence-electron chi connectivity index (χ3n) is 3.59. The van der Waals surface area contributed by atoms with Crippen LogP contribution in [0.1, 0.15) is 43.0 Å². The first kappa shape index (κ1) is 14.9. The lowest BCUT2D eigenvalue weighted by molar-refractivity contribution is -0.109. The summed E-state index contributed by atoms with van der Waals surface area (Å²) in [4.78, 5) is 8.49. The number of aromatic nitrogens is 2. The van der Waals surface area contributed by atoms with Gasteiger partial charge in [0.05, 0.1) is 0 Å². The van der Waals surface area contributed by atoms with Crippen molar-refractivity contribution < 1.29 is 17.6 Å². The van der Waals surface area contributed by atoms with Crippen molar-refractivity contribution in [2.75, 3.05) is 0 Å². The molecule has 1 aliphatic carbocycles. The first-order valence-corrected chi connectivity index (χ1v) is 6.59. The average Bonchev–Trinajstić information content (AvgIpc) is 2.39. The largest absolute Gasteiger partial charge is 0.442 e. The minimum Gasteiger partial charge on any atom is -0.241 e. The van der Waals surface area contributed by atoms with Gasteiger partial charge in [0.25, 0.3) is 0 Å². The predicted octanol–water partition coefficient (Wildman–Crippen LogP) is 4.47. The summed E-state index contributed by atoms with van der Waals surface area (Å²) in [5.74, 6) is -1.44. The molecule has 0 atom stereocenters. The Hall–Kier alpha value is -1.46. The van der Waals surface area contributed by atoms with Crippen LogP contribution >= 0.6 is 0 Å². The second kappa shape index (κ2) is 5.89. The van der Waals surface area contributed by atoms with Crippen molar-refractivity contribution in [1.29, 1.82) is 0 Å². The monoisotopic (exact) mass is 288 g/mol. The van der Waals surface area contributed by atoms with Crippen LogP contribution in [-0.2, 0) is 0 Å². The van der Waals surface area contributed by atoms with Crippen molar-refractivity contribution in [2.45, 2.75) is 44.7 Å². The highest BCUT2D eigenvalue weighted by Crippen LogP contribution is 2.37. The molecule has 20 heavy (non-hydrogen) atoms. The summed E-state index contributed by atoms with van der Waals surface area (Å²) in [5.41, 5.74) is 0.970. The fraction of sp³-hybridized carbons (Fsp3) is 0.571. The highest BCUT2D eigenvalue weighted by Gasteiger charge is 2.35. The number of nitrogens with zero attached hydrogens (tertiary/aromatic N) is 2. The van der Waals surface area contributed by atoms with Gasteiger partial charge in [-0.15, -0.1) is 0 Å². The Morgan fingerprint density at radius 1 is 1.15 bits per heavy atom. The molecule has 1 heterocycles. The van der Waals surface area contributed by atoms with E-state index >= 15 is 0 Å². The molecular weight excluding hydrogens is 272 g/mol. The van der Waals surface area contributed by atoms with Gasteiger partial charge in [-0.25, -0.2) is 14.4 Å². The molecule has 0 N–H and O–H groups in total. The van der Waals surface area contributed by atoms with Gasteiger partial charge in [-0.2, -0.15) is 13.2 Å². The molecule has 2 rings (SSSR count). The van der Waals surface area contributed by atoms with Crippen LogP contribution in [0.3, 0.4) is 0 Å². The number of alkyl halides is 3. The molecule has 1 aromatic heterocycles. The van der Waals surface area contributed by atoms with Crippen LogP contribution in [0, 0.1) is 12.8 Å². The van der Waals surface area contributed by atoms with E-state index in [0.29, 0.717) is 31.8 Å². The summed E-state index contributed by atoms with van der Waals surface area (Å²) in [7, 11) is 0. The first-order chi connectivity index (χ1) is 9.36. The summed E-state index contributed by atoms with van der Waals surface area (Å²) >= 11 is 0. The standard InChI is InChI=1S/C14H16F4N2/c1-9-7-19-13(20-8-9)11-4-2-10(3-5-11)6-12(15)14(16,17)18/h6-8,10-11H,2-5H2,1H3. The molecule has 0 aliphatic heterocycles. The molecule has 2 nitrogen and oxygen atoms in total. The Kier molecular flexibility index (Phi) is 4.40. The van der Waals surface area contributed by atoms with Crippen LogP contribution in [0.2, 0.25) is 0 Å². The highest BCUT2D eigenvalue weighted by molar-refractivity contribution is 5.08. The van der Waals surface area contributed by atoms with E-state index in [4.69, 9.17) is 0 Å². The summed E-state index contributed by atoms with van der Waals surface area (Å²) in [6.07, 6.45) is 1.76. The van der Waals surface area contributed by atoms with E-state index in [0.717, 1.165) is 11.4 Å². The highest BCUT2D eigenvalue weighted by atomic mass is 19.4. The van der Waals surface area contributed by atoms with Gasteiger partial charge in [0.1, 0.15) is 5.82 Å². The molecule has 0 saturated heterocycles. The molecular formula is C14H16F4N2. The lowest BCUT2D eigenvalue weighted by Gasteiger charge is -2.25. The molecule has 0 unspecified atom stereocenters. The zero-order valence-electron chi connectivity index (χ0n) is 11.1. The van der Waals surface area contributed by atoms with Gasteiger partial charge in [-0.3, -0.25) is 0 Å². The summed E-state index contributed by atoms with van der Waals surface area (Å²) < 4.78 is 49.2. The van der Waals surface area contributed by atoms with E-state index < -0.39 is 12.0 Å². The van der Waals surface area contributed by atoms with Crippen LogP contribution in [0.15, 0.2) is 24.3 Å². The van der Waals surface area contributed by atoms with Gasteiger partial charge in [-0.05, 0) is 50.2 Å². The fourth-order valence-electron chi connectivity index (χ4n) is 2.46. The molecule has 0 spiro atoms. The predicted molar refractivity (Wildman–Crippen MR) is 66.7 cm³/mol. The maximum atomic E-state index is 12.9. The van der Waals surface area contributed by atoms with Crippen LogP contribution < -0.4 is 0 Å². The van der Waals surface area contributed by atoms with Crippen molar-refractivity contribution in [3.63, 3.8) is 0 Å². The normalized spacial score (nSPS) is 24.8. The van der Waals surface area contributed by atoms with Crippen molar-refractivity contribution >= 4 is 0 Å². The Morgan fingerprint density at radius 3 is 2.20 bits per heavy atom. The Morgan fingerprint density at radius 2 is 1.70 bits per heavy atom. The van der Waals surface area contributed by atoms with E-state index in [9.17, 15) is 17.6 Å². The van der Waals surface area contributed by atoms with Gasteiger partial charge in [0.15, 0.2) is 5.83 Å². The Balaban J connectivity index is 1.94. The lowest BCUT2D eigenvalue weighted by Crippen LogP contribution is -2.16. The molecule has 6 heteroatoms. The second-order valence-electron chi connectivity index (χ2n) is 5.24. The molecule has 0 radical (unpaired) electrons. The van der Waals surface area contributed by atoms with Crippen molar-refractivity contribution in [1.82, 2.24) is 9.97 Å². The summed E-state index contributed by atoms with van der Waals surface area (Å²) in [6, 6.07) is 0. The first-order valence-electron chi connectivity index (χ1n) is 6.59. The van der Waals surface area contributed by atoms with Crippen molar-refractivity contribution in [2.24, 2.45) is 5.92 Å². The zero-order valence-corrected chi connectivity index (χ0v) is 11.1. The number of allylic oxidation sites excluding steroid dienone is 2. The summed E-state index contributed by atoms with van der Waals surface area (Å²) in [6.45, 7) is 1.89. The quantitative estimate of drug-likeness (QED) is 0.750. The van der Waals surface area contributed by atoms with Gasteiger partial charge >= 0.3 is 6.18 Å². The molecule has 1 saturated carbocycles. The SMILES string of the molecule is Cc1cnc(C2CCC(C=C(F)C(F)(F)F)CC2)nc1. The maximum absolute atomic E-state index is 12.9. The van der Waals surface area contributed by atoms with Crippen LogP contribution in [0.5, 0.6) is 0 Å². The number of halogens is 4. The van der Waals surface area contributed by atoms with Gasteiger partial charge in [0, 0.05) is 18.3 Å². The van der Waals surface area contributed by atoms with Crippen molar-refractivity contribution in [3.05, 3.63) is 35.7 Å². The molecule has 1 fully saturated rings. The number of hydrogen-bond donors (Lipinski definition) is 0. The number of hydrogen-bond acceptors (Lipinski definition) is 2. The minimum atomic E-state index is -4.86. The lowest BCUT2D eigenvalue weighted by atomic mass is 9.81. The van der Waals surface area contributed by atoms with Gasteiger partial charge in [-0.1, -0.05) is 0 Å². The van der Waals surface area contributed by atoms with E-state index in [2.05, 4.69) is 9.97 Å². The number of aryl methyl sites for hydroxylation is 1. The van der Waals surface area contributed by atoms with Crippen molar-refractivity contribution in [3.8, 4) is 0 Å². The van der Waals surface area contributed by atoms with E-state index in [1.807, 2.05) is 6.92 Å². The third-order valence-corrected chi connectivity index (χ3v) is 3.59. The molecule has 0 amide bonds. The zero-order chi connectivity index (χ0) is 14.8. The number of rotatable bonds is 2. The van der Waals surface area contributed by atoms with Gasteiger partial charge < -0.3 is 0 Å². The molecule has 1 aliphatic rings. The third kappa shape index (κ3) is 3.77. The van der Waals surface area contributed by atoms with E-state index in [-0.39, 0.29) is 11.8 Å².